The Bertz CT molecular complexity index is 730. The van der Waals surface area contributed by atoms with Gasteiger partial charge in [0.25, 0.3) is 5.91 Å². The third kappa shape index (κ3) is 2.33. The Balaban J connectivity index is 1.89. The highest BCUT2D eigenvalue weighted by molar-refractivity contribution is 6.31. The first-order valence-electron chi connectivity index (χ1n) is 6.43. The van der Waals surface area contributed by atoms with E-state index in [1.165, 1.54) is 6.07 Å². The van der Waals surface area contributed by atoms with E-state index in [9.17, 15) is 14.7 Å². The smallest absolute Gasteiger partial charge is 0.264 e. The van der Waals surface area contributed by atoms with Crippen molar-refractivity contribution >= 4 is 29.0 Å². The lowest BCUT2D eigenvalue weighted by molar-refractivity contribution is -0.129. The van der Waals surface area contributed by atoms with Crippen LogP contribution in [0.2, 0.25) is 5.02 Å². The molecule has 0 fully saturated rings. The van der Waals surface area contributed by atoms with Crippen LogP contribution in [-0.2, 0) is 11.2 Å². The van der Waals surface area contributed by atoms with Gasteiger partial charge in [0.1, 0.15) is 0 Å². The van der Waals surface area contributed by atoms with Gasteiger partial charge in [0.2, 0.25) is 11.4 Å². The van der Waals surface area contributed by atoms with Gasteiger partial charge in [0, 0.05) is 22.7 Å². The molecule has 0 aliphatic heterocycles. The minimum absolute atomic E-state index is 0.0691. The summed E-state index contributed by atoms with van der Waals surface area (Å²) in [5.41, 5.74) is -0.635. The van der Waals surface area contributed by atoms with E-state index >= 15 is 0 Å². The van der Waals surface area contributed by atoms with Crippen molar-refractivity contribution in [1.82, 2.24) is 0 Å². The normalized spacial score (nSPS) is 20.2. The van der Waals surface area contributed by atoms with Crippen LogP contribution in [0.25, 0.3) is 0 Å². The number of anilines is 1. The third-order valence-corrected chi connectivity index (χ3v) is 3.78. The number of ketones is 1. The Morgan fingerprint density at radius 3 is 2.62 bits per heavy atom. The fourth-order valence-corrected chi connectivity index (χ4v) is 2.64. The average molecular weight is 302 g/mol. The Morgan fingerprint density at radius 2 is 1.90 bits per heavy atom. The molecule has 0 saturated heterocycles. The number of nitrogens with one attached hydrogen (secondary N) is 1. The van der Waals surface area contributed by atoms with Crippen molar-refractivity contribution in [2.45, 2.75) is 12.0 Å². The molecule has 0 heterocycles. The van der Waals surface area contributed by atoms with Crippen molar-refractivity contribution in [3.8, 4) is 0 Å². The zero-order chi connectivity index (χ0) is 15.0. The van der Waals surface area contributed by atoms with Crippen LogP contribution in [0.3, 0.4) is 0 Å². The SMILES string of the molecule is O=C(Nc1ccccc1)[C@]1(O)Cc2cc(Cl)ccc2C1=O. The van der Waals surface area contributed by atoms with Gasteiger partial charge in [-0.05, 0) is 35.9 Å². The molecule has 1 amide bonds. The number of halogens is 1. The number of aliphatic hydroxyl groups is 1. The summed E-state index contributed by atoms with van der Waals surface area (Å²) in [6.45, 7) is 0. The molecule has 0 radical (unpaired) electrons. The highest BCUT2D eigenvalue weighted by Gasteiger charge is 2.50. The molecule has 21 heavy (non-hydrogen) atoms. The van der Waals surface area contributed by atoms with Crippen LogP contribution >= 0.6 is 11.6 Å². The van der Waals surface area contributed by atoms with Crippen molar-refractivity contribution < 1.29 is 14.7 Å². The molecular formula is C16H12ClNO3. The number of para-hydroxylation sites is 1. The van der Waals surface area contributed by atoms with Crippen LogP contribution in [0.4, 0.5) is 5.69 Å². The number of carbonyl (C=O) groups excluding carboxylic acids is 2. The Morgan fingerprint density at radius 1 is 1.19 bits per heavy atom. The number of hydrogen-bond donors (Lipinski definition) is 2. The van der Waals surface area contributed by atoms with Gasteiger partial charge in [-0.1, -0.05) is 29.8 Å². The first kappa shape index (κ1) is 13.8. The summed E-state index contributed by atoms with van der Waals surface area (Å²) in [5, 5.41) is 13.5. The molecule has 5 heteroatoms. The van der Waals surface area contributed by atoms with Crippen molar-refractivity contribution in [3.63, 3.8) is 0 Å². The van der Waals surface area contributed by atoms with Gasteiger partial charge < -0.3 is 10.4 Å². The fraction of sp³-hybridized carbons (Fsp3) is 0.125. The van der Waals surface area contributed by atoms with Crippen LogP contribution in [-0.4, -0.2) is 22.4 Å². The lowest BCUT2D eigenvalue weighted by atomic mass is 9.98. The molecule has 0 spiro atoms. The van der Waals surface area contributed by atoms with E-state index in [0.29, 0.717) is 21.8 Å². The summed E-state index contributed by atoms with van der Waals surface area (Å²) in [4.78, 5) is 24.6. The summed E-state index contributed by atoms with van der Waals surface area (Å²) in [7, 11) is 0. The zero-order valence-electron chi connectivity index (χ0n) is 11.0. The first-order chi connectivity index (χ1) is 10.0. The summed E-state index contributed by atoms with van der Waals surface area (Å²) in [5.74, 6) is -1.33. The van der Waals surface area contributed by atoms with Gasteiger partial charge >= 0.3 is 0 Å². The van der Waals surface area contributed by atoms with Gasteiger partial charge in [0.15, 0.2) is 0 Å². The summed E-state index contributed by atoms with van der Waals surface area (Å²) in [6.07, 6.45) is -0.0691. The lowest BCUT2D eigenvalue weighted by Crippen LogP contribution is -2.48. The van der Waals surface area contributed by atoms with Gasteiger partial charge in [-0.2, -0.15) is 0 Å². The van der Waals surface area contributed by atoms with E-state index < -0.39 is 17.3 Å². The van der Waals surface area contributed by atoms with Crippen molar-refractivity contribution in [2.24, 2.45) is 0 Å². The minimum Gasteiger partial charge on any atom is -0.373 e. The average Bonchev–Trinajstić information content (AvgIpc) is 2.72. The molecular weight excluding hydrogens is 290 g/mol. The maximum absolute atomic E-state index is 12.3. The van der Waals surface area contributed by atoms with E-state index in [2.05, 4.69) is 5.32 Å². The molecule has 1 aliphatic rings. The molecule has 0 bridgehead atoms. The van der Waals surface area contributed by atoms with Gasteiger partial charge in [-0.3, -0.25) is 9.59 Å². The van der Waals surface area contributed by atoms with Gasteiger partial charge in [0.05, 0.1) is 0 Å². The largest absolute Gasteiger partial charge is 0.373 e. The molecule has 1 atom stereocenters. The van der Waals surface area contributed by atoms with Crippen LogP contribution in [0.15, 0.2) is 48.5 Å². The fourth-order valence-electron chi connectivity index (χ4n) is 2.45. The van der Waals surface area contributed by atoms with E-state index in [0.717, 1.165) is 0 Å². The highest BCUT2D eigenvalue weighted by Crippen LogP contribution is 2.32. The number of benzene rings is 2. The summed E-state index contributed by atoms with van der Waals surface area (Å²) < 4.78 is 0. The Kier molecular flexibility index (Phi) is 3.27. The van der Waals surface area contributed by atoms with Gasteiger partial charge in [-0.25, -0.2) is 0 Å². The van der Waals surface area contributed by atoms with Crippen molar-refractivity contribution in [3.05, 3.63) is 64.7 Å². The molecule has 2 aromatic carbocycles. The van der Waals surface area contributed by atoms with Crippen LogP contribution in [0.1, 0.15) is 15.9 Å². The number of fused-ring (bicyclic) bond motifs is 1. The topological polar surface area (TPSA) is 66.4 Å². The lowest BCUT2D eigenvalue weighted by Gasteiger charge is -2.19. The highest BCUT2D eigenvalue weighted by atomic mass is 35.5. The van der Waals surface area contributed by atoms with E-state index in [1.807, 2.05) is 6.07 Å². The first-order valence-corrected chi connectivity index (χ1v) is 6.80. The van der Waals surface area contributed by atoms with Crippen LogP contribution < -0.4 is 5.32 Å². The number of rotatable bonds is 2. The number of carbonyl (C=O) groups is 2. The van der Waals surface area contributed by atoms with Gasteiger partial charge in [-0.15, -0.1) is 0 Å². The second-order valence-corrected chi connectivity index (χ2v) is 5.42. The van der Waals surface area contributed by atoms with Crippen LogP contribution in [0.5, 0.6) is 0 Å². The zero-order valence-corrected chi connectivity index (χ0v) is 11.7. The Labute approximate surface area is 126 Å². The standard InChI is InChI=1S/C16H12ClNO3/c17-11-6-7-13-10(8-11)9-16(21,14(13)19)15(20)18-12-4-2-1-3-5-12/h1-8,21H,9H2,(H,18,20)/t16-/m0/s1. The maximum Gasteiger partial charge on any atom is 0.264 e. The molecule has 2 aromatic rings. The maximum atomic E-state index is 12.3. The predicted molar refractivity (Wildman–Crippen MR) is 79.5 cm³/mol. The molecule has 0 saturated carbocycles. The Hall–Kier alpha value is -2.17. The van der Waals surface area contributed by atoms with E-state index in [4.69, 9.17) is 11.6 Å². The monoisotopic (exact) mass is 301 g/mol. The van der Waals surface area contributed by atoms with E-state index in [1.54, 1.807) is 36.4 Å². The molecule has 106 valence electrons. The molecule has 0 aromatic heterocycles. The number of amides is 1. The number of hydrogen-bond acceptors (Lipinski definition) is 3. The third-order valence-electron chi connectivity index (χ3n) is 3.54. The quantitative estimate of drug-likeness (QED) is 0.837. The molecule has 3 rings (SSSR count). The predicted octanol–water partition coefficient (Wildman–Crippen LogP) is 2.45. The molecule has 4 nitrogen and oxygen atoms in total. The second kappa shape index (κ2) is 4.98. The molecule has 0 unspecified atom stereocenters. The van der Waals surface area contributed by atoms with E-state index in [-0.39, 0.29) is 6.42 Å². The minimum atomic E-state index is -2.08. The summed E-state index contributed by atoms with van der Waals surface area (Å²) >= 11 is 5.88. The van der Waals surface area contributed by atoms with Crippen LogP contribution in [0, 0.1) is 0 Å². The number of Topliss-reactive ketones (excluding diaryl/α,β-unsaturated/α-hetero) is 1. The molecule has 1 aliphatic carbocycles. The molecule has 2 N–H and O–H groups in total. The summed E-state index contributed by atoms with van der Waals surface area (Å²) in [6, 6.07) is 13.4. The van der Waals surface area contributed by atoms with Crippen molar-refractivity contribution in [2.75, 3.05) is 5.32 Å². The second-order valence-electron chi connectivity index (χ2n) is 4.99. The van der Waals surface area contributed by atoms with Crippen molar-refractivity contribution in [1.29, 1.82) is 0 Å².